The van der Waals surface area contributed by atoms with Crippen LogP contribution in [-0.2, 0) is 9.59 Å². The summed E-state index contributed by atoms with van der Waals surface area (Å²) >= 11 is 0. The van der Waals surface area contributed by atoms with Gasteiger partial charge in [0.25, 0.3) is 0 Å². The van der Waals surface area contributed by atoms with Gasteiger partial charge in [0.15, 0.2) is 0 Å². The van der Waals surface area contributed by atoms with Crippen LogP contribution in [0.3, 0.4) is 0 Å². The molecule has 0 saturated heterocycles. The molecule has 0 radical (unpaired) electrons. The molecule has 0 aliphatic heterocycles. The highest BCUT2D eigenvalue weighted by Gasteiger charge is 2.11. The largest absolute Gasteiger partial charge is 0.290 e. The molecule has 6 heteroatoms. The molecule has 1 N–H and O–H groups in total. The molecule has 0 bridgehead atoms. The third-order valence-electron chi connectivity index (χ3n) is 1.61. The van der Waals surface area contributed by atoms with Crippen molar-refractivity contribution in [2.75, 3.05) is 6.54 Å². The van der Waals surface area contributed by atoms with Crippen molar-refractivity contribution in [3.63, 3.8) is 0 Å². The minimum atomic E-state index is -0.0205. The first-order valence-electron chi connectivity index (χ1n) is 5.08. The molecule has 88 valence electrons. The summed E-state index contributed by atoms with van der Waals surface area (Å²) in [6.45, 7) is 6.36. The van der Waals surface area contributed by atoms with Gasteiger partial charge in [0, 0.05) is 41.3 Å². The van der Waals surface area contributed by atoms with E-state index < -0.39 is 0 Å². The lowest BCUT2D eigenvalue weighted by atomic mass is 10.4. The number of carbonyl (C=O) groups is 2. The molecule has 0 aliphatic rings. The molecule has 15 heavy (non-hydrogen) atoms. The lowest BCUT2D eigenvalue weighted by Gasteiger charge is -2.18. The summed E-state index contributed by atoms with van der Waals surface area (Å²) in [5.41, 5.74) is 0. The molecule has 0 aromatic carbocycles. The van der Waals surface area contributed by atoms with Gasteiger partial charge in [0.1, 0.15) is 0 Å². The second-order valence-electron chi connectivity index (χ2n) is 2.89. The molecule has 0 spiro atoms. The molecule has 0 aromatic rings. The van der Waals surface area contributed by atoms with Gasteiger partial charge in [0.2, 0.25) is 11.8 Å². The standard InChI is InChI=1S/C9H18N2O2S2/c1-4-7-11(9(13)6-3)15-14-10-8(12)5-2/h4-7H2,1-3H3,(H,10,12). The number of rotatable bonds is 7. The van der Waals surface area contributed by atoms with Crippen molar-refractivity contribution in [3.05, 3.63) is 0 Å². The van der Waals surface area contributed by atoms with Gasteiger partial charge in [-0.2, -0.15) is 0 Å². The lowest BCUT2D eigenvalue weighted by Crippen LogP contribution is -2.24. The molecular weight excluding hydrogens is 232 g/mol. The first-order valence-corrected chi connectivity index (χ1v) is 7.19. The topological polar surface area (TPSA) is 49.4 Å². The fourth-order valence-corrected chi connectivity index (χ4v) is 2.73. The van der Waals surface area contributed by atoms with E-state index in [0.717, 1.165) is 6.42 Å². The van der Waals surface area contributed by atoms with E-state index >= 15 is 0 Å². The smallest absolute Gasteiger partial charge is 0.232 e. The maximum Gasteiger partial charge on any atom is 0.232 e. The Morgan fingerprint density at radius 2 is 1.87 bits per heavy atom. The van der Waals surface area contributed by atoms with Gasteiger partial charge in [-0.05, 0) is 6.42 Å². The second-order valence-corrected chi connectivity index (χ2v) is 4.79. The predicted molar refractivity (Wildman–Crippen MR) is 65.9 cm³/mol. The van der Waals surface area contributed by atoms with Gasteiger partial charge in [-0.15, -0.1) is 0 Å². The highest BCUT2D eigenvalue weighted by Crippen LogP contribution is 2.24. The zero-order valence-corrected chi connectivity index (χ0v) is 11.0. The van der Waals surface area contributed by atoms with Crippen molar-refractivity contribution in [3.8, 4) is 0 Å². The van der Waals surface area contributed by atoms with Crippen molar-refractivity contribution in [2.45, 2.75) is 40.0 Å². The maximum atomic E-state index is 11.4. The second kappa shape index (κ2) is 8.91. The van der Waals surface area contributed by atoms with Gasteiger partial charge in [-0.25, -0.2) is 0 Å². The van der Waals surface area contributed by atoms with Crippen LogP contribution in [0.15, 0.2) is 0 Å². The van der Waals surface area contributed by atoms with Gasteiger partial charge in [-0.3, -0.25) is 18.6 Å². The van der Waals surface area contributed by atoms with E-state index in [-0.39, 0.29) is 11.8 Å². The average Bonchev–Trinajstić information content (AvgIpc) is 2.26. The molecule has 0 heterocycles. The Morgan fingerprint density at radius 1 is 1.20 bits per heavy atom. The predicted octanol–water partition coefficient (Wildman–Crippen LogP) is 2.37. The Morgan fingerprint density at radius 3 is 2.33 bits per heavy atom. The summed E-state index contributed by atoms with van der Waals surface area (Å²) in [7, 11) is 2.49. The van der Waals surface area contributed by atoms with E-state index in [0.29, 0.717) is 19.4 Å². The summed E-state index contributed by atoms with van der Waals surface area (Å²) in [4.78, 5) is 22.4. The van der Waals surface area contributed by atoms with Crippen LogP contribution >= 0.6 is 22.0 Å². The molecule has 2 amide bonds. The van der Waals surface area contributed by atoms with E-state index in [4.69, 9.17) is 0 Å². The van der Waals surface area contributed by atoms with Gasteiger partial charge < -0.3 is 0 Å². The number of hydrogen-bond acceptors (Lipinski definition) is 4. The van der Waals surface area contributed by atoms with Crippen molar-refractivity contribution in [1.29, 1.82) is 0 Å². The third-order valence-corrected chi connectivity index (χ3v) is 3.58. The highest BCUT2D eigenvalue weighted by atomic mass is 33.1. The van der Waals surface area contributed by atoms with E-state index in [1.807, 2.05) is 13.8 Å². The minimum Gasteiger partial charge on any atom is -0.290 e. The zero-order chi connectivity index (χ0) is 11.7. The normalized spacial score (nSPS) is 9.80. The van der Waals surface area contributed by atoms with Gasteiger partial charge >= 0.3 is 0 Å². The van der Waals surface area contributed by atoms with E-state index in [2.05, 4.69) is 4.72 Å². The third kappa shape index (κ3) is 6.67. The van der Waals surface area contributed by atoms with Crippen molar-refractivity contribution >= 4 is 33.8 Å². The SMILES string of the molecule is CCCN(SSNC(=O)CC)C(=O)CC. The van der Waals surface area contributed by atoms with E-state index in [9.17, 15) is 9.59 Å². The first-order chi connectivity index (χ1) is 7.15. The molecular formula is C9H18N2O2S2. The molecule has 4 nitrogen and oxygen atoms in total. The number of nitrogens with one attached hydrogen (secondary N) is 1. The molecule has 0 rings (SSSR count). The zero-order valence-electron chi connectivity index (χ0n) is 9.41. The van der Waals surface area contributed by atoms with Crippen LogP contribution in [0.25, 0.3) is 0 Å². The Hall–Kier alpha value is -0.360. The van der Waals surface area contributed by atoms with E-state index in [1.54, 1.807) is 11.2 Å². The fraction of sp³-hybridized carbons (Fsp3) is 0.778. The Balaban J connectivity index is 3.85. The monoisotopic (exact) mass is 250 g/mol. The highest BCUT2D eigenvalue weighted by molar-refractivity contribution is 8.75. The van der Waals surface area contributed by atoms with Crippen LogP contribution in [0.5, 0.6) is 0 Å². The number of nitrogens with zero attached hydrogens (tertiary/aromatic N) is 1. The maximum absolute atomic E-state index is 11.4. The van der Waals surface area contributed by atoms with Crippen molar-refractivity contribution in [1.82, 2.24) is 9.03 Å². The van der Waals surface area contributed by atoms with Crippen LogP contribution in [0.1, 0.15) is 40.0 Å². The molecule has 0 atom stereocenters. The van der Waals surface area contributed by atoms with Crippen molar-refractivity contribution < 1.29 is 9.59 Å². The summed E-state index contributed by atoms with van der Waals surface area (Å²) in [6, 6.07) is 0. The average molecular weight is 250 g/mol. The Kier molecular flexibility index (Phi) is 8.70. The molecule has 0 unspecified atom stereocenters. The number of hydrogen-bond donors (Lipinski definition) is 1. The number of carbonyl (C=O) groups excluding carboxylic acids is 2. The van der Waals surface area contributed by atoms with Crippen LogP contribution in [0.2, 0.25) is 0 Å². The fourth-order valence-electron chi connectivity index (χ4n) is 0.765. The molecule has 0 saturated carbocycles. The summed E-state index contributed by atoms with van der Waals surface area (Å²) in [6.07, 6.45) is 1.87. The van der Waals surface area contributed by atoms with Crippen molar-refractivity contribution in [2.24, 2.45) is 0 Å². The minimum absolute atomic E-state index is 0.0205. The quantitative estimate of drug-likeness (QED) is 0.557. The van der Waals surface area contributed by atoms with Crippen LogP contribution in [0, 0.1) is 0 Å². The van der Waals surface area contributed by atoms with Gasteiger partial charge in [-0.1, -0.05) is 20.8 Å². The molecule has 0 aromatic heterocycles. The van der Waals surface area contributed by atoms with Crippen LogP contribution in [0.4, 0.5) is 0 Å². The lowest BCUT2D eigenvalue weighted by molar-refractivity contribution is -0.125. The molecule has 0 aliphatic carbocycles. The first kappa shape index (κ1) is 14.6. The van der Waals surface area contributed by atoms with Crippen LogP contribution < -0.4 is 4.72 Å². The Bertz CT molecular complexity index is 212. The molecule has 0 fully saturated rings. The summed E-state index contributed by atoms with van der Waals surface area (Å²) in [5.74, 6) is 0.0768. The Labute approximate surface area is 99.2 Å². The summed E-state index contributed by atoms with van der Waals surface area (Å²) in [5, 5.41) is 0. The van der Waals surface area contributed by atoms with Gasteiger partial charge in [0.05, 0.1) is 0 Å². The summed E-state index contributed by atoms with van der Waals surface area (Å²) < 4.78 is 4.33. The number of amides is 2. The van der Waals surface area contributed by atoms with Crippen LogP contribution in [-0.4, -0.2) is 22.7 Å². The van der Waals surface area contributed by atoms with E-state index in [1.165, 1.54) is 22.0 Å².